The molecule has 1 amide bonds. The van der Waals surface area contributed by atoms with Crippen LogP contribution >= 0.6 is 0 Å². The smallest absolute Gasteiger partial charge is 0.346 e. The molecular weight excluding hydrogens is 272 g/mol. The summed E-state index contributed by atoms with van der Waals surface area (Å²) >= 11 is 0. The summed E-state index contributed by atoms with van der Waals surface area (Å²) in [6.45, 7) is 0.0151. The van der Waals surface area contributed by atoms with Gasteiger partial charge in [0.25, 0.3) is 0 Å². The number of amides is 1. The fourth-order valence-corrected chi connectivity index (χ4v) is 2.80. The van der Waals surface area contributed by atoms with E-state index in [9.17, 15) is 9.59 Å². The van der Waals surface area contributed by atoms with Gasteiger partial charge in [-0.2, -0.15) is 0 Å². The number of ether oxygens (including phenoxy) is 1. The molecule has 6 heteroatoms. The van der Waals surface area contributed by atoms with Crippen molar-refractivity contribution in [1.82, 2.24) is 0 Å². The van der Waals surface area contributed by atoms with Crippen molar-refractivity contribution in [3.05, 3.63) is 24.3 Å². The monoisotopic (exact) mass is 290 g/mol. The molecule has 0 spiro atoms. The molecule has 1 unspecified atom stereocenters. The second-order valence-electron chi connectivity index (χ2n) is 5.81. The van der Waals surface area contributed by atoms with Crippen molar-refractivity contribution in [2.45, 2.75) is 37.3 Å². The summed E-state index contributed by atoms with van der Waals surface area (Å²) < 4.78 is 5.42. The van der Waals surface area contributed by atoms with E-state index in [2.05, 4.69) is 0 Å². The topological polar surface area (TPSA) is 92.9 Å². The van der Waals surface area contributed by atoms with Crippen LogP contribution in [-0.2, 0) is 9.59 Å². The summed E-state index contributed by atoms with van der Waals surface area (Å²) in [5.74, 6) is -0.795. The SMILES string of the molecule is NC1(CC(=O)N2CC(C(=O)O)Oc3ccccc32)CCC1. The first kappa shape index (κ1) is 13.9. The maximum Gasteiger partial charge on any atom is 0.346 e. The number of anilines is 1. The van der Waals surface area contributed by atoms with Gasteiger partial charge in [-0.05, 0) is 31.4 Å². The number of carboxylic acids is 1. The standard InChI is InChI=1S/C15H18N2O4/c16-15(6-3-7-15)8-13(18)17-9-12(14(19)20)21-11-5-2-1-4-10(11)17/h1-2,4-5,12H,3,6-9,16H2,(H,19,20). The van der Waals surface area contributed by atoms with Gasteiger partial charge in [-0.25, -0.2) is 4.79 Å². The van der Waals surface area contributed by atoms with Gasteiger partial charge in [-0.1, -0.05) is 12.1 Å². The summed E-state index contributed by atoms with van der Waals surface area (Å²) in [6.07, 6.45) is 1.92. The molecule has 1 aromatic rings. The van der Waals surface area contributed by atoms with E-state index in [1.165, 1.54) is 4.90 Å². The minimum absolute atomic E-state index is 0.0151. The van der Waals surface area contributed by atoms with Crippen LogP contribution in [0.5, 0.6) is 5.75 Å². The third-order valence-electron chi connectivity index (χ3n) is 4.20. The van der Waals surface area contributed by atoms with Gasteiger partial charge >= 0.3 is 5.97 Å². The van der Waals surface area contributed by atoms with E-state index in [0.717, 1.165) is 19.3 Å². The Morgan fingerprint density at radius 2 is 2.10 bits per heavy atom. The van der Waals surface area contributed by atoms with Crippen molar-refractivity contribution < 1.29 is 19.4 Å². The van der Waals surface area contributed by atoms with E-state index in [4.69, 9.17) is 15.6 Å². The van der Waals surface area contributed by atoms with E-state index in [0.29, 0.717) is 11.4 Å². The normalized spacial score (nSPS) is 22.7. The average molecular weight is 290 g/mol. The molecule has 3 rings (SSSR count). The zero-order chi connectivity index (χ0) is 15.0. The van der Waals surface area contributed by atoms with Crippen LogP contribution in [0.25, 0.3) is 0 Å². The van der Waals surface area contributed by atoms with Gasteiger partial charge in [-0.15, -0.1) is 0 Å². The largest absolute Gasteiger partial charge is 0.478 e. The number of carboxylic acid groups (broad SMARTS) is 1. The highest BCUT2D eigenvalue weighted by molar-refractivity contribution is 5.97. The molecule has 0 saturated heterocycles. The molecule has 1 fully saturated rings. The van der Waals surface area contributed by atoms with Gasteiger partial charge < -0.3 is 20.5 Å². The van der Waals surface area contributed by atoms with Crippen LogP contribution in [0.4, 0.5) is 5.69 Å². The molecule has 3 N–H and O–H groups in total. The maximum absolute atomic E-state index is 12.5. The molecule has 0 bridgehead atoms. The van der Waals surface area contributed by atoms with Crippen LogP contribution in [0.15, 0.2) is 24.3 Å². The molecule has 1 saturated carbocycles. The Hall–Kier alpha value is -2.08. The van der Waals surface area contributed by atoms with Gasteiger partial charge in [0.15, 0.2) is 0 Å². The van der Waals surface area contributed by atoms with Crippen LogP contribution < -0.4 is 15.4 Å². The number of hydrogen-bond acceptors (Lipinski definition) is 4. The zero-order valence-corrected chi connectivity index (χ0v) is 11.6. The Morgan fingerprint density at radius 3 is 2.71 bits per heavy atom. The third kappa shape index (κ3) is 2.58. The van der Waals surface area contributed by atoms with E-state index >= 15 is 0 Å². The fourth-order valence-electron chi connectivity index (χ4n) is 2.80. The number of para-hydroxylation sites is 2. The van der Waals surface area contributed by atoms with Crippen molar-refractivity contribution in [3.8, 4) is 5.75 Å². The number of nitrogens with two attached hydrogens (primary N) is 1. The Labute approximate surface area is 122 Å². The van der Waals surface area contributed by atoms with E-state index in [1.807, 2.05) is 0 Å². The van der Waals surface area contributed by atoms with Gasteiger partial charge in [-0.3, -0.25) is 4.79 Å². The van der Waals surface area contributed by atoms with Crippen molar-refractivity contribution in [2.75, 3.05) is 11.4 Å². The van der Waals surface area contributed by atoms with Crippen molar-refractivity contribution in [1.29, 1.82) is 0 Å². The molecule has 6 nitrogen and oxygen atoms in total. The molecule has 1 atom stereocenters. The Morgan fingerprint density at radius 1 is 1.38 bits per heavy atom. The molecular formula is C15H18N2O4. The Kier molecular flexibility index (Phi) is 3.33. The first-order valence-electron chi connectivity index (χ1n) is 7.06. The van der Waals surface area contributed by atoms with Crippen molar-refractivity contribution in [2.24, 2.45) is 5.73 Å². The van der Waals surface area contributed by atoms with Gasteiger partial charge in [0.2, 0.25) is 12.0 Å². The molecule has 21 heavy (non-hydrogen) atoms. The van der Waals surface area contributed by atoms with E-state index in [-0.39, 0.29) is 18.9 Å². The number of nitrogens with zero attached hydrogens (tertiary/aromatic N) is 1. The summed E-state index contributed by atoms with van der Waals surface area (Å²) in [5, 5.41) is 9.17. The van der Waals surface area contributed by atoms with E-state index < -0.39 is 17.6 Å². The summed E-state index contributed by atoms with van der Waals surface area (Å²) in [5.41, 5.74) is 6.32. The number of aliphatic carboxylic acids is 1. The third-order valence-corrected chi connectivity index (χ3v) is 4.20. The van der Waals surface area contributed by atoms with Crippen molar-refractivity contribution >= 4 is 17.6 Å². The lowest BCUT2D eigenvalue weighted by atomic mass is 9.75. The number of rotatable bonds is 3. The second kappa shape index (κ2) is 5.04. The van der Waals surface area contributed by atoms with Crippen LogP contribution in [0.2, 0.25) is 0 Å². The fraction of sp³-hybridized carbons (Fsp3) is 0.467. The van der Waals surface area contributed by atoms with Gasteiger partial charge in [0.05, 0.1) is 12.2 Å². The molecule has 1 heterocycles. The minimum atomic E-state index is -1.08. The molecule has 112 valence electrons. The first-order valence-corrected chi connectivity index (χ1v) is 7.06. The van der Waals surface area contributed by atoms with Crippen molar-refractivity contribution in [3.63, 3.8) is 0 Å². The van der Waals surface area contributed by atoms with Gasteiger partial charge in [0, 0.05) is 12.0 Å². The Balaban J connectivity index is 1.85. The highest BCUT2D eigenvalue weighted by atomic mass is 16.5. The lowest BCUT2D eigenvalue weighted by Gasteiger charge is -2.40. The molecule has 2 aliphatic rings. The van der Waals surface area contributed by atoms with Crippen LogP contribution in [0, 0.1) is 0 Å². The number of carbonyl (C=O) groups excluding carboxylic acids is 1. The number of hydrogen-bond donors (Lipinski definition) is 2. The first-order chi connectivity index (χ1) is 9.98. The average Bonchev–Trinajstić information content (AvgIpc) is 2.44. The molecule has 1 aromatic carbocycles. The van der Waals surface area contributed by atoms with Gasteiger partial charge in [0.1, 0.15) is 5.75 Å². The summed E-state index contributed by atoms with van der Waals surface area (Å²) in [4.78, 5) is 25.2. The van der Waals surface area contributed by atoms with Crippen LogP contribution in [-0.4, -0.2) is 35.2 Å². The molecule has 0 aromatic heterocycles. The quantitative estimate of drug-likeness (QED) is 0.870. The highest BCUT2D eigenvalue weighted by Crippen LogP contribution is 2.37. The summed E-state index contributed by atoms with van der Waals surface area (Å²) in [7, 11) is 0. The minimum Gasteiger partial charge on any atom is -0.478 e. The predicted molar refractivity (Wildman–Crippen MR) is 76.2 cm³/mol. The van der Waals surface area contributed by atoms with Crippen LogP contribution in [0.1, 0.15) is 25.7 Å². The number of benzene rings is 1. The zero-order valence-electron chi connectivity index (χ0n) is 11.6. The Bertz CT molecular complexity index is 583. The number of fused-ring (bicyclic) bond motifs is 1. The molecule has 0 radical (unpaired) electrons. The van der Waals surface area contributed by atoms with E-state index in [1.54, 1.807) is 24.3 Å². The lowest BCUT2D eigenvalue weighted by molar-refractivity contribution is -0.145. The second-order valence-corrected chi connectivity index (χ2v) is 5.81. The maximum atomic E-state index is 12.5. The summed E-state index contributed by atoms with van der Waals surface area (Å²) in [6, 6.07) is 6.98. The van der Waals surface area contributed by atoms with Crippen LogP contribution in [0.3, 0.4) is 0 Å². The number of carbonyl (C=O) groups is 2. The predicted octanol–water partition coefficient (Wildman–Crippen LogP) is 1.14. The molecule has 1 aliphatic heterocycles. The molecule has 1 aliphatic carbocycles. The highest BCUT2D eigenvalue weighted by Gasteiger charge is 2.39. The lowest BCUT2D eigenvalue weighted by Crippen LogP contribution is -2.53.